The molecule has 0 spiro atoms. The van der Waals surface area contributed by atoms with E-state index >= 15 is 0 Å². The van der Waals surface area contributed by atoms with Crippen LogP contribution >= 0.6 is 0 Å². The van der Waals surface area contributed by atoms with Crippen molar-refractivity contribution in [1.29, 1.82) is 0 Å². The normalized spacial score (nSPS) is 11.9. The standard InChI is InChI=1S/C54H104O6/c1-5-7-9-11-13-15-17-19-22-27-31-35-39-43-47-54(57)60-51(48-58-52(55)45-41-37-33-29-25-18-16-14-12-10-8-6-2)49-59-53(56)46-42-38-34-30-26-23-20-21-24-28-32-36-40-44-50(3)4/h50-51H,5-49H2,1-4H3/t51-/m1/s1. The highest BCUT2D eigenvalue weighted by atomic mass is 16.6. The summed E-state index contributed by atoms with van der Waals surface area (Å²) >= 11 is 0. The number of carbonyl (C=O) groups excluding carboxylic acids is 3. The summed E-state index contributed by atoms with van der Waals surface area (Å²) in [5.41, 5.74) is 0. The summed E-state index contributed by atoms with van der Waals surface area (Å²) < 4.78 is 16.8. The van der Waals surface area contributed by atoms with Crippen molar-refractivity contribution in [3.8, 4) is 0 Å². The molecule has 60 heavy (non-hydrogen) atoms. The molecule has 0 heterocycles. The van der Waals surface area contributed by atoms with Gasteiger partial charge in [-0.3, -0.25) is 14.4 Å². The van der Waals surface area contributed by atoms with Crippen molar-refractivity contribution < 1.29 is 28.6 Å². The Hall–Kier alpha value is -1.59. The van der Waals surface area contributed by atoms with Gasteiger partial charge in [-0.1, -0.05) is 265 Å². The summed E-state index contributed by atoms with van der Waals surface area (Å²) in [4.78, 5) is 38.0. The second-order valence-corrected chi connectivity index (χ2v) is 19.0. The first-order chi connectivity index (χ1) is 29.4. The van der Waals surface area contributed by atoms with Crippen molar-refractivity contribution >= 4 is 17.9 Å². The van der Waals surface area contributed by atoms with Crippen LogP contribution in [0.15, 0.2) is 0 Å². The molecule has 0 saturated heterocycles. The first-order valence-corrected chi connectivity index (χ1v) is 26.9. The smallest absolute Gasteiger partial charge is 0.306 e. The molecule has 0 radical (unpaired) electrons. The van der Waals surface area contributed by atoms with Gasteiger partial charge in [-0.05, 0) is 25.2 Å². The maximum atomic E-state index is 12.8. The molecule has 0 aromatic carbocycles. The quantitative estimate of drug-likeness (QED) is 0.0345. The molecule has 0 bridgehead atoms. The van der Waals surface area contributed by atoms with Crippen molar-refractivity contribution in [2.24, 2.45) is 5.92 Å². The van der Waals surface area contributed by atoms with Crippen LogP contribution in [-0.2, 0) is 28.6 Å². The van der Waals surface area contributed by atoms with Gasteiger partial charge in [0.05, 0.1) is 0 Å². The van der Waals surface area contributed by atoms with E-state index < -0.39 is 6.10 Å². The van der Waals surface area contributed by atoms with Crippen LogP contribution in [0.5, 0.6) is 0 Å². The van der Waals surface area contributed by atoms with Gasteiger partial charge in [-0.25, -0.2) is 0 Å². The van der Waals surface area contributed by atoms with E-state index in [9.17, 15) is 14.4 Å². The Morgan fingerprint density at radius 1 is 0.317 bits per heavy atom. The molecular weight excluding hydrogens is 745 g/mol. The molecule has 1 atom stereocenters. The van der Waals surface area contributed by atoms with Crippen LogP contribution < -0.4 is 0 Å². The van der Waals surface area contributed by atoms with E-state index in [1.165, 1.54) is 199 Å². The highest BCUT2D eigenvalue weighted by molar-refractivity contribution is 5.71. The summed E-state index contributed by atoms with van der Waals surface area (Å²) in [7, 11) is 0. The largest absolute Gasteiger partial charge is 0.462 e. The third-order valence-corrected chi connectivity index (χ3v) is 12.3. The number of hydrogen-bond acceptors (Lipinski definition) is 6. The molecular formula is C54H104O6. The van der Waals surface area contributed by atoms with E-state index in [0.29, 0.717) is 19.3 Å². The minimum absolute atomic E-state index is 0.0624. The zero-order chi connectivity index (χ0) is 43.8. The van der Waals surface area contributed by atoms with Gasteiger partial charge in [0.25, 0.3) is 0 Å². The Morgan fingerprint density at radius 3 is 0.817 bits per heavy atom. The van der Waals surface area contributed by atoms with Crippen molar-refractivity contribution in [2.45, 2.75) is 310 Å². The molecule has 0 rings (SSSR count). The monoisotopic (exact) mass is 849 g/mol. The number of ether oxygens (including phenoxy) is 3. The number of rotatable bonds is 49. The number of esters is 3. The first kappa shape index (κ1) is 58.4. The fourth-order valence-electron chi connectivity index (χ4n) is 8.22. The van der Waals surface area contributed by atoms with Crippen LogP contribution in [0.3, 0.4) is 0 Å². The average Bonchev–Trinajstić information content (AvgIpc) is 3.23. The van der Waals surface area contributed by atoms with Gasteiger partial charge >= 0.3 is 17.9 Å². The molecule has 0 fully saturated rings. The maximum Gasteiger partial charge on any atom is 0.306 e. The van der Waals surface area contributed by atoms with Gasteiger partial charge < -0.3 is 14.2 Å². The van der Waals surface area contributed by atoms with Gasteiger partial charge in [0.2, 0.25) is 0 Å². The number of unbranched alkanes of at least 4 members (excludes halogenated alkanes) is 36. The van der Waals surface area contributed by atoms with E-state index in [2.05, 4.69) is 27.7 Å². The van der Waals surface area contributed by atoms with E-state index in [1.807, 2.05) is 0 Å². The zero-order valence-electron chi connectivity index (χ0n) is 40.9. The predicted molar refractivity (Wildman–Crippen MR) is 257 cm³/mol. The van der Waals surface area contributed by atoms with Gasteiger partial charge in [0, 0.05) is 19.3 Å². The minimum atomic E-state index is -0.760. The van der Waals surface area contributed by atoms with E-state index in [-0.39, 0.29) is 31.1 Å². The second kappa shape index (κ2) is 48.4. The molecule has 6 nitrogen and oxygen atoms in total. The van der Waals surface area contributed by atoms with Crippen LogP contribution in [-0.4, -0.2) is 37.2 Å². The topological polar surface area (TPSA) is 78.9 Å². The lowest BCUT2D eigenvalue weighted by atomic mass is 10.0. The molecule has 0 aliphatic carbocycles. The highest BCUT2D eigenvalue weighted by Crippen LogP contribution is 2.17. The molecule has 356 valence electrons. The third-order valence-electron chi connectivity index (χ3n) is 12.3. The van der Waals surface area contributed by atoms with Crippen molar-refractivity contribution in [1.82, 2.24) is 0 Å². The lowest BCUT2D eigenvalue weighted by Gasteiger charge is -2.18. The molecule has 0 aliphatic heterocycles. The first-order valence-electron chi connectivity index (χ1n) is 26.9. The predicted octanol–water partition coefficient (Wildman–Crippen LogP) is 17.5. The maximum absolute atomic E-state index is 12.8. The minimum Gasteiger partial charge on any atom is -0.462 e. The van der Waals surface area contributed by atoms with E-state index in [0.717, 1.165) is 63.7 Å². The Balaban J connectivity index is 4.29. The molecule has 0 unspecified atom stereocenters. The lowest BCUT2D eigenvalue weighted by Crippen LogP contribution is -2.30. The summed E-state index contributed by atoms with van der Waals surface area (Å²) in [5, 5.41) is 0. The van der Waals surface area contributed by atoms with Crippen LogP contribution in [0.4, 0.5) is 0 Å². The van der Waals surface area contributed by atoms with Gasteiger partial charge in [0.15, 0.2) is 6.10 Å². The van der Waals surface area contributed by atoms with Gasteiger partial charge in [-0.2, -0.15) is 0 Å². The van der Waals surface area contributed by atoms with Crippen molar-refractivity contribution in [2.75, 3.05) is 13.2 Å². The average molecular weight is 849 g/mol. The summed E-state index contributed by atoms with van der Waals surface area (Å²) in [6, 6.07) is 0. The Morgan fingerprint density at radius 2 is 0.550 bits per heavy atom. The summed E-state index contributed by atoms with van der Waals surface area (Å²) in [6.45, 7) is 9.04. The van der Waals surface area contributed by atoms with Gasteiger partial charge in [0.1, 0.15) is 13.2 Å². The van der Waals surface area contributed by atoms with Crippen LogP contribution in [0, 0.1) is 5.92 Å². The Kier molecular flexibility index (Phi) is 47.2. The highest BCUT2D eigenvalue weighted by Gasteiger charge is 2.19. The zero-order valence-corrected chi connectivity index (χ0v) is 40.9. The van der Waals surface area contributed by atoms with E-state index in [4.69, 9.17) is 14.2 Å². The SMILES string of the molecule is CCCCCCCCCCCCCCCCC(=O)O[C@H](COC(=O)CCCCCCCCCCCCCC)COC(=O)CCCCCCCCCCCCCCCC(C)C. The molecule has 0 aromatic rings. The van der Waals surface area contributed by atoms with Gasteiger partial charge in [-0.15, -0.1) is 0 Å². The van der Waals surface area contributed by atoms with Crippen LogP contribution in [0.1, 0.15) is 304 Å². The van der Waals surface area contributed by atoms with Crippen molar-refractivity contribution in [3.63, 3.8) is 0 Å². The van der Waals surface area contributed by atoms with Crippen LogP contribution in [0.25, 0.3) is 0 Å². The number of carbonyl (C=O) groups is 3. The lowest BCUT2D eigenvalue weighted by molar-refractivity contribution is -0.167. The van der Waals surface area contributed by atoms with Crippen molar-refractivity contribution in [3.05, 3.63) is 0 Å². The molecule has 0 N–H and O–H groups in total. The Bertz CT molecular complexity index is 903. The van der Waals surface area contributed by atoms with Crippen LogP contribution in [0.2, 0.25) is 0 Å². The summed E-state index contributed by atoms with van der Waals surface area (Å²) in [6.07, 6.45) is 50.8. The molecule has 0 aromatic heterocycles. The fourth-order valence-corrected chi connectivity index (χ4v) is 8.22. The molecule has 0 amide bonds. The summed E-state index contributed by atoms with van der Waals surface area (Å²) in [5.74, 6) is -0.000986. The second-order valence-electron chi connectivity index (χ2n) is 19.0. The van der Waals surface area contributed by atoms with E-state index in [1.54, 1.807) is 0 Å². The molecule has 0 saturated carbocycles. The Labute approximate surface area is 374 Å². The fraction of sp³-hybridized carbons (Fsp3) is 0.944. The molecule has 6 heteroatoms. The number of hydrogen-bond donors (Lipinski definition) is 0. The third kappa shape index (κ3) is 47.5. The molecule has 0 aliphatic rings.